The molecule has 1 unspecified atom stereocenters. The molecular formula is C13H19N3O4. The first-order valence-corrected chi connectivity index (χ1v) is 6.16. The highest BCUT2D eigenvalue weighted by Crippen LogP contribution is 2.12. The molecule has 0 aliphatic heterocycles. The first-order valence-electron chi connectivity index (χ1n) is 6.16. The Hall–Kier alpha value is -2.15. The van der Waals surface area contributed by atoms with Crippen LogP contribution < -0.4 is 10.2 Å². The molecule has 2 N–H and O–H groups in total. The van der Waals surface area contributed by atoms with Crippen LogP contribution in [0.3, 0.4) is 0 Å². The SMILES string of the molecule is COCCNC(=O)c1ccc(N(C)C(C)C(=O)O)nc1. The van der Waals surface area contributed by atoms with E-state index in [1.54, 1.807) is 33.2 Å². The topological polar surface area (TPSA) is 91.8 Å². The number of ether oxygens (including phenoxy) is 1. The molecule has 0 bridgehead atoms. The summed E-state index contributed by atoms with van der Waals surface area (Å²) in [5.41, 5.74) is 0.418. The molecule has 0 aliphatic carbocycles. The number of nitrogens with zero attached hydrogens (tertiary/aromatic N) is 2. The Morgan fingerprint density at radius 3 is 2.70 bits per heavy atom. The average molecular weight is 281 g/mol. The number of carboxylic acids is 1. The van der Waals surface area contributed by atoms with Crippen molar-refractivity contribution < 1.29 is 19.4 Å². The Labute approximate surface area is 117 Å². The van der Waals surface area contributed by atoms with E-state index < -0.39 is 12.0 Å². The largest absolute Gasteiger partial charge is 0.480 e. The van der Waals surface area contributed by atoms with E-state index in [1.165, 1.54) is 11.1 Å². The van der Waals surface area contributed by atoms with Gasteiger partial charge in [-0.3, -0.25) is 4.79 Å². The van der Waals surface area contributed by atoms with Crippen LogP contribution in [0.2, 0.25) is 0 Å². The van der Waals surface area contributed by atoms with Gasteiger partial charge in [0.1, 0.15) is 11.9 Å². The Bertz CT molecular complexity index is 461. The van der Waals surface area contributed by atoms with Crippen LogP contribution in [-0.4, -0.2) is 55.3 Å². The van der Waals surface area contributed by atoms with Gasteiger partial charge in [-0.15, -0.1) is 0 Å². The van der Waals surface area contributed by atoms with Crippen molar-refractivity contribution in [3.63, 3.8) is 0 Å². The minimum absolute atomic E-state index is 0.241. The quantitative estimate of drug-likeness (QED) is 0.701. The van der Waals surface area contributed by atoms with Crippen LogP contribution in [0.1, 0.15) is 17.3 Å². The molecule has 7 heteroatoms. The van der Waals surface area contributed by atoms with Crippen molar-refractivity contribution in [2.45, 2.75) is 13.0 Å². The predicted molar refractivity (Wildman–Crippen MR) is 73.9 cm³/mol. The van der Waals surface area contributed by atoms with Gasteiger partial charge in [-0.2, -0.15) is 0 Å². The number of aliphatic carboxylic acids is 1. The first kappa shape index (κ1) is 15.9. The maximum atomic E-state index is 11.7. The third-order valence-corrected chi connectivity index (χ3v) is 2.90. The van der Waals surface area contributed by atoms with Crippen LogP contribution >= 0.6 is 0 Å². The van der Waals surface area contributed by atoms with E-state index in [0.29, 0.717) is 24.5 Å². The molecule has 0 saturated carbocycles. The Morgan fingerprint density at radius 2 is 2.20 bits per heavy atom. The Balaban J connectivity index is 2.68. The van der Waals surface area contributed by atoms with E-state index in [4.69, 9.17) is 9.84 Å². The lowest BCUT2D eigenvalue weighted by Gasteiger charge is -2.22. The van der Waals surface area contributed by atoms with Gasteiger partial charge in [-0.05, 0) is 19.1 Å². The van der Waals surface area contributed by atoms with E-state index in [1.807, 2.05) is 0 Å². The molecule has 0 saturated heterocycles. The highest BCUT2D eigenvalue weighted by molar-refractivity contribution is 5.94. The van der Waals surface area contributed by atoms with Crippen molar-refractivity contribution in [1.82, 2.24) is 10.3 Å². The second-order valence-electron chi connectivity index (χ2n) is 4.28. The number of hydrogen-bond donors (Lipinski definition) is 2. The summed E-state index contributed by atoms with van der Waals surface area (Å²) in [4.78, 5) is 28.2. The standard InChI is InChI=1S/C13H19N3O4/c1-9(13(18)19)16(2)11-5-4-10(8-15-11)12(17)14-6-7-20-3/h4-5,8-9H,6-7H2,1-3H3,(H,14,17)(H,18,19). The minimum Gasteiger partial charge on any atom is -0.480 e. The molecule has 110 valence electrons. The van der Waals surface area contributed by atoms with Gasteiger partial charge >= 0.3 is 5.97 Å². The molecule has 20 heavy (non-hydrogen) atoms. The number of carbonyl (C=O) groups is 2. The van der Waals surface area contributed by atoms with Crippen LogP contribution in [0.4, 0.5) is 5.82 Å². The highest BCUT2D eigenvalue weighted by atomic mass is 16.5. The zero-order chi connectivity index (χ0) is 15.1. The molecule has 1 atom stereocenters. The number of likely N-dealkylation sites (N-methyl/N-ethyl adjacent to an activating group) is 1. The Morgan fingerprint density at radius 1 is 1.50 bits per heavy atom. The Kier molecular flexibility index (Phi) is 5.92. The van der Waals surface area contributed by atoms with Crippen LogP contribution in [0, 0.1) is 0 Å². The lowest BCUT2D eigenvalue weighted by molar-refractivity contribution is -0.138. The second kappa shape index (κ2) is 7.44. The maximum absolute atomic E-state index is 11.7. The van der Waals surface area contributed by atoms with Crippen molar-refractivity contribution in [2.24, 2.45) is 0 Å². The molecule has 0 radical (unpaired) electrons. The fourth-order valence-corrected chi connectivity index (χ4v) is 1.46. The number of nitrogens with one attached hydrogen (secondary N) is 1. The summed E-state index contributed by atoms with van der Waals surface area (Å²) < 4.78 is 4.83. The number of carboxylic acid groups (broad SMARTS) is 1. The monoisotopic (exact) mass is 281 g/mol. The number of aromatic nitrogens is 1. The predicted octanol–water partition coefficient (Wildman–Crippen LogP) is 0.367. The van der Waals surface area contributed by atoms with Gasteiger partial charge in [0.05, 0.1) is 12.2 Å². The second-order valence-corrected chi connectivity index (χ2v) is 4.28. The molecule has 1 aromatic rings. The molecule has 0 spiro atoms. The van der Waals surface area contributed by atoms with Crippen molar-refractivity contribution in [1.29, 1.82) is 0 Å². The number of hydrogen-bond acceptors (Lipinski definition) is 5. The molecule has 1 rings (SSSR count). The van der Waals surface area contributed by atoms with Crippen LogP contribution in [0.15, 0.2) is 18.3 Å². The van der Waals surface area contributed by atoms with Gasteiger partial charge in [0.15, 0.2) is 0 Å². The number of methoxy groups -OCH3 is 1. The van der Waals surface area contributed by atoms with Crippen molar-refractivity contribution in [2.75, 3.05) is 32.2 Å². The van der Waals surface area contributed by atoms with Crippen LogP contribution in [0.25, 0.3) is 0 Å². The number of anilines is 1. The molecule has 1 heterocycles. The van der Waals surface area contributed by atoms with Gasteiger partial charge < -0.3 is 20.1 Å². The number of rotatable bonds is 7. The van der Waals surface area contributed by atoms with Crippen molar-refractivity contribution in [3.8, 4) is 0 Å². The number of pyridine rings is 1. The smallest absolute Gasteiger partial charge is 0.326 e. The van der Waals surface area contributed by atoms with Gasteiger partial charge in [0.2, 0.25) is 0 Å². The van der Waals surface area contributed by atoms with Crippen molar-refractivity contribution >= 4 is 17.7 Å². The van der Waals surface area contributed by atoms with E-state index in [9.17, 15) is 9.59 Å². The molecule has 1 aromatic heterocycles. The molecule has 1 amide bonds. The van der Waals surface area contributed by atoms with Crippen LogP contribution in [0.5, 0.6) is 0 Å². The van der Waals surface area contributed by atoms with E-state index in [-0.39, 0.29) is 5.91 Å². The normalized spacial score (nSPS) is 11.8. The van der Waals surface area contributed by atoms with Gasteiger partial charge in [0.25, 0.3) is 5.91 Å². The summed E-state index contributed by atoms with van der Waals surface area (Å²) in [6, 6.07) is 2.53. The van der Waals surface area contributed by atoms with Crippen molar-refractivity contribution in [3.05, 3.63) is 23.9 Å². The highest BCUT2D eigenvalue weighted by Gasteiger charge is 2.18. The lowest BCUT2D eigenvalue weighted by Crippen LogP contribution is -2.36. The zero-order valence-electron chi connectivity index (χ0n) is 11.8. The van der Waals surface area contributed by atoms with Gasteiger partial charge in [-0.25, -0.2) is 9.78 Å². The molecular weight excluding hydrogens is 262 g/mol. The molecule has 0 aliphatic rings. The average Bonchev–Trinajstić information content (AvgIpc) is 2.46. The number of carbonyl (C=O) groups excluding carboxylic acids is 1. The summed E-state index contributed by atoms with van der Waals surface area (Å²) in [6.45, 7) is 2.43. The summed E-state index contributed by atoms with van der Waals surface area (Å²) in [7, 11) is 3.20. The lowest BCUT2D eigenvalue weighted by atomic mass is 10.2. The molecule has 7 nitrogen and oxygen atoms in total. The molecule has 0 fully saturated rings. The third-order valence-electron chi connectivity index (χ3n) is 2.90. The summed E-state index contributed by atoms with van der Waals surface area (Å²) >= 11 is 0. The summed E-state index contributed by atoms with van der Waals surface area (Å²) in [6.07, 6.45) is 1.42. The number of amides is 1. The fourth-order valence-electron chi connectivity index (χ4n) is 1.46. The van der Waals surface area contributed by atoms with E-state index in [2.05, 4.69) is 10.3 Å². The summed E-state index contributed by atoms with van der Waals surface area (Å²) in [5, 5.41) is 11.6. The summed E-state index contributed by atoms with van der Waals surface area (Å²) in [5.74, 6) is -0.681. The molecule has 0 aromatic carbocycles. The van der Waals surface area contributed by atoms with E-state index in [0.717, 1.165) is 0 Å². The maximum Gasteiger partial charge on any atom is 0.326 e. The van der Waals surface area contributed by atoms with Crippen LogP contribution in [-0.2, 0) is 9.53 Å². The third kappa shape index (κ3) is 4.20. The van der Waals surface area contributed by atoms with E-state index >= 15 is 0 Å². The minimum atomic E-state index is -0.935. The van der Waals surface area contributed by atoms with Gasteiger partial charge in [0, 0.05) is 26.9 Å². The zero-order valence-corrected chi connectivity index (χ0v) is 11.8. The first-order chi connectivity index (χ1) is 9.47. The van der Waals surface area contributed by atoms with Gasteiger partial charge in [-0.1, -0.05) is 0 Å². The fraction of sp³-hybridized carbons (Fsp3) is 0.462.